The Kier molecular flexibility index (Phi) is 3.49. The Morgan fingerprint density at radius 1 is 0.667 bits per heavy atom. The van der Waals surface area contributed by atoms with Gasteiger partial charge in [0, 0.05) is 39.1 Å². The first-order chi connectivity index (χ1) is 11.6. The smallest absolute Gasteiger partial charge is 0.0459 e. The van der Waals surface area contributed by atoms with E-state index < -0.39 is 0 Å². The van der Waals surface area contributed by atoms with Crippen molar-refractivity contribution >= 4 is 21.8 Å². The molecule has 4 aromatic rings. The van der Waals surface area contributed by atoms with E-state index in [4.69, 9.17) is 0 Å². The molecule has 0 amide bonds. The number of benzene rings is 2. The standard InChI is InChI=1S/C22H24N2/c1-13(2)20(21-14(3)23-18-11-7-5-9-16(18)21)22-15(4)24-19-12-8-6-10-17(19)22/h5-13,20,23-24H,1-4H3. The van der Waals surface area contributed by atoms with Crippen molar-refractivity contribution in [3.05, 3.63) is 71.0 Å². The number of para-hydroxylation sites is 2. The fraction of sp³-hybridized carbons (Fsp3) is 0.273. The van der Waals surface area contributed by atoms with Crippen LogP contribution < -0.4 is 0 Å². The summed E-state index contributed by atoms with van der Waals surface area (Å²) in [5.41, 5.74) is 7.89. The topological polar surface area (TPSA) is 31.6 Å². The second-order valence-corrected chi connectivity index (χ2v) is 7.14. The Labute approximate surface area is 142 Å². The Morgan fingerprint density at radius 2 is 1.08 bits per heavy atom. The maximum absolute atomic E-state index is 3.58. The zero-order valence-corrected chi connectivity index (χ0v) is 14.8. The Bertz CT molecular complexity index is 937. The van der Waals surface area contributed by atoms with E-state index in [9.17, 15) is 0 Å². The predicted molar refractivity (Wildman–Crippen MR) is 103 cm³/mol. The third-order valence-corrected chi connectivity index (χ3v) is 5.18. The summed E-state index contributed by atoms with van der Waals surface area (Å²) in [6.07, 6.45) is 0. The highest BCUT2D eigenvalue weighted by Crippen LogP contribution is 2.42. The monoisotopic (exact) mass is 316 g/mol. The van der Waals surface area contributed by atoms with E-state index in [1.165, 1.54) is 44.3 Å². The van der Waals surface area contributed by atoms with Crippen LogP contribution in [0.25, 0.3) is 21.8 Å². The molecule has 24 heavy (non-hydrogen) atoms. The molecule has 0 fully saturated rings. The van der Waals surface area contributed by atoms with E-state index in [0.717, 1.165) is 0 Å². The number of aromatic amines is 2. The minimum atomic E-state index is 0.372. The molecule has 122 valence electrons. The average molecular weight is 316 g/mol. The number of aromatic nitrogens is 2. The minimum Gasteiger partial charge on any atom is -0.358 e. The lowest BCUT2D eigenvalue weighted by molar-refractivity contribution is 0.565. The largest absolute Gasteiger partial charge is 0.358 e. The van der Waals surface area contributed by atoms with Gasteiger partial charge < -0.3 is 9.97 Å². The van der Waals surface area contributed by atoms with Gasteiger partial charge in [-0.3, -0.25) is 0 Å². The molecule has 2 nitrogen and oxygen atoms in total. The first kappa shape index (κ1) is 15.1. The molecular formula is C22H24N2. The molecule has 0 bridgehead atoms. The van der Waals surface area contributed by atoms with Crippen LogP contribution in [0.4, 0.5) is 0 Å². The number of nitrogens with one attached hydrogen (secondary N) is 2. The van der Waals surface area contributed by atoms with Crippen LogP contribution in [0.15, 0.2) is 48.5 Å². The summed E-state index contributed by atoms with van der Waals surface area (Å²) < 4.78 is 0. The van der Waals surface area contributed by atoms with Crippen LogP contribution in [0.2, 0.25) is 0 Å². The summed E-state index contributed by atoms with van der Waals surface area (Å²) in [5.74, 6) is 0.887. The normalized spacial score (nSPS) is 12.1. The van der Waals surface area contributed by atoms with Crippen LogP contribution in [0.1, 0.15) is 42.3 Å². The summed E-state index contributed by atoms with van der Waals surface area (Å²) in [7, 11) is 0. The number of rotatable bonds is 3. The van der Waals surface area contributed by atoms with Gasteiger partial charge >= 0.3 is 0 Å². The van der Waals surface area contributed by atoms with Crippen molar-refractivity contribution in [3.8, 4) is 0 Å². The molecule has 0 saturated heterocycles. The van der Waals surface area contributed by atoms with Crippen molar-refractivity contribution in [2.24, 2.45) is 5.92 Å². The van der Waals surface area contributed by atoms with Gasteiger partial charge in [-0.15, -0.1) is 0 Å². The highest BCUT2D eigenvalue weighted by Gasteiger charge is 2.27. The van der Waals surface area contributed by atoms with Crippen LogP contribution in [0.5, 0.6) is 0 Å². The molecule has 0 unspecified atom stereocenters. The van der Waals surface area contributed by atoms with E-state index >= 15 is 0 Å². The van der Waals surface area contributed by atoms with Crippen molar-refractivity contribution in [1.29, 1.82) is 0 Å². The lowest BCUT2D eigenvalue weighted by Crippen LogP contribution is -2.10. The lowest BCUT2D eigenvalue weighted by atomic mass is 9.80. The van der Waals surface area contributed by atoms with Gasteiger partial charge in [0.15, 0.2) is 0 Å². The van der Waals surface area contributed by atoms with Crippen molar-refractivity contribution in [2.45, 2.75) is 33.6 Å². The Balaban J connectivity index is 2.04. The summed E-state index contributed by atoms with van der Waals surface area (Å²) in [6, 6.07) is 17.3. The van der Waals surface area contributed by atoms with Crippen LogP contribution in [-0.2, 0) is 0 Å². The predicted octanol–water partition coefficient (Wildman–Crippen LogP) is 6.05. The number of aryl methyl sites for hydroxylation is 2. The van der Waals surface area contributed by atoms with Crippen molar-refractivity contribution < 1.29 is 0 Å². The molecule has 2 heterocycles. The number of H-pyrrole nitrogens is 2. The summed E-state index contributed by atoms with van der Waals surface area (Å²) in [5, 5.41) is 2.69. The molecule has 2 aromatic carbocycles. The van der Waals surface area contributed by atoms with Gasteiger partial charge in [0.1, 0.15) is 0 Å². The number of fused-ring (bicyclic) bond motifs is 2. The van der Waals surface area contributed by atoms with Gasteiger partial charge in [-0.1, -0.05) is 50.2 Å². The van der Waals surface area contributed by atoms with E-state index in [2.05, 4.69) is 86.2 Å². The molecule has 0 aliphatic carbocycles. The molecule has 0 aliphatic heterocycles. The average Bonchev–Trinajstić information content (AvgIpc) is 3.05. The van der Waals surface area contributed by atoms with Gasteiger partial charge in [0.2, 0.25) is 0 Å². The van der Waals surface area contributed by atoms with E-state index in [-0.39, 0.29) is 0 Å². The van der Waals surface area contributed by atoms with Gasteiger partial charge in [0.25, 0.3) is 0 Å². The Morgan fingerprint density at radius 3 is 1.50 bits per heavy atom. The van der Waals surface area contributed by atoms with Crippen molar-refractivity contribution in [3.63, 3.8) is 0 Å². The first-order valence-electron chi connectivity index (χ1n) is 8.72. The molecule has 0 radical (unpaired) electrons. The van der Waals surface area contributed by atoms with Crippen molar-refractivity contribution in [1.82, 2.24) is 9.97 Å². The second kappa shape index (κ2) is 5.55. The van der Waals surface area contributed by atoms with Crippen LogP contribution in [0, 0.1) is 19.8 Å². The highest BCUT2D eigenvalue weighted by molar-refractivity contribution is 5.89. The SMILES string of the molecule is Cc1[nH]c2ccccc2c1C(c1c(C)[nH]c2ccccc12)C(C)C. The molecule has 2 heteroatoms. The van der Waals surface area contributed by atoms with E-state index in [0.29, 0.717) is 11.8 Å². The first-order valence-corrected chi connectivity index (χ1v) is 8.72. The Hall–Kier alpha value is -2.48. The van der Waals surface area contributed by atoms with E-state index in [1.807, 2.05) is 0 Å². The molecule has 4 rings (SSSR count). The van der Waals surface area contributed by atoms with E-state index in [1.54, 1.807) is 0 Å². The molecular weight excluding hydrogens is 292 g/mol. The third kappa shape index (κ3) is 2.17. The minimum absolute atomic E-state index is 0.372. The van der Waals surface area contributed by atoms with Crippen LogP contribution >= 0.6 is 0 Å². The molecule has 0 aliphatic rings. The maximum Gasteiger partial charge on any atom is 0.0459 e. The van der Waals surface area contributed by atoms with Gasteiger partial charge in [0.05, 0.1) is 0 Å². The van der Waals surface area contributed by atoms with Gasteiger partial charge in [-0.05, 0) is 43.0 Å². The number of hydrogen-bond donors (Lipinski definition) is 2. The quantitative estimate of drug-likeness (QED) is 0.461. The molecule has 2 N–H and O–H groups in total. The lowest BCUT2D eigenvalue weighted by Gasteiger charge is -2.23. The van der Waals surface area contributed by atoms with Crippen molar-refractivity contribution in [2.75, 3.05) is 0 Å². The second-order valence-electron chi connectivity index (χ2n) is 7.14. The number of hydrogen-bond acceptors (Lipinski definition) is 0. The van der Waals surface area contributed by atoms with Crippen LogP contribution in [0.3, 0.4) is 0 Å². The maximum atomic E-state index is 3.58. The molecule has 0 saturated carbocycles. The fourth-order valence-corrected chi connectivity index (χ4v) is 4.21. The molecule has 2 aromatic heterocycles. The summed E-state index contributed by atoms with van der Waals surface area (Å²) in [4.78, 5) is 7.16. The zero-order chi connectivity index (χ0) is 16.8. The third-order valence-electron chi connectivity index (χ3n) is 5.18. The van der Waals surface area contributed by atoms with Gasteiger partial charge in [-0.2, -0.15) is 0 Å². The summed E-state index contributed by atoms with van der Waals surface area (Å²) in [6.45, 7) is 9.06. The van der Waals surface area contributed by atoms with Gasteiger partial charge in [-0.25, -0.2) is 0 Å². The van der Waals surface area contributed by atoms with Crippen LogP contribution in [-0.4, -0.2) is 9.97 Å². The molecule has 0 spiro atoms. The highest BCUT2D eigenvalue weighted by atomic mass is 14.7. The molecule has 0 atom stereocenters. The fourth-order valence-electron chi connectivity index (χ4n) is 4.21. The zero-order valence-electron chi connectivity index (χ0n) is 14.8. The summed E-state index contributed by atoms with van der Waals surface area (Å²) >= 11 is 0.